The average Bonchev–Trinajstić information content (AvgIpc) is 2.69. The zero-order chi connectivity index (χ0) is 18.2. The first-order valence-electron chi connectivity index (χ1n) is 11.2. The van der Waals surface area contributed by atoms with Gasteiger partial charge in [0.05, 0.1) is 0 Å². The number of allylic oxidation sites excluding steroid dienone is 2. The van der Waals surface area contributed by atoms with Crippen LogP contribution in [-0.4, -0.2) is 0 Å². The fraction of sp³-hybridized carbons (Fsp3) is 0.680. The fourth-order valence-corrected chi connectivity index (χ4v) is 5.42. The molecule has 0 heterocycles. The van der Waals surface area contributed by atoms with E-state index in [-0.39, 0.29) is 0 Å². The Bertz CT molecular complexity index is 548. The van der Waals surface area contributed by atoms with Crippen molar-refractivity contribution >= 4 is 15.9 Å². The first kappa shape index (κ1) is 20.2. The molecule has 3 rings (SSSR count). The number of hydrogen-bond acceptors (Lipinski definition) is 0. The molecular formula is C25H37Br. The predicted octanol–water partition coefficient (Wildman–Crippen LogP) is 8.49. The molecule has 0 spiro atoms. The number of unbranched alkanes of at least 4 members (excludes halogenated alkanes) is 2. The molecule has 1 aromatic rings. The van der Waals surface area contributed by atoms with Crippen molar-refractivity contribution < 1.29 is 0 Å². The van der Waals surface area contributed by atoms with Crippen LogP contribution in [0.5, 0.6) is 0 Å². The minimum atomic E-state index is 0.989. The maximum Gasteiger partial charge on any atom is 0.0175 e. The summed E-state index contributed by atoms with van der Waals surface area (Å²) >= 11 is 3.53. The van der Waals surface area contributed by atoms with Gasteiger partial charge in [0.2, 0.25) is 0 Å². The van der Waals surface area contributed by atoms with Gasteiger partial charge in [-0.15, -0.1) is 0 Å². The van der Waals surface area contributed by atoms with E-state index >= 15 is 0 Å². The third-order valence-electron chi connectivity index (χ3n) is 6.97. The molecule has 144 valence electrons. The van der Waals surface area contributed by atoms with Gasteiger partial charge in [0.1, 0.15) is 0 Å². The Hall–Kier alpha value is -0.560. The lowest BCUT2D eigenvalue weighted by molar-refractivity contribution is 0.185. The molecule has 2 aliphatic rings. The summed E-state index contributed by atoms with van der Waals surface area (Å²) in [6, 6.07) is 8.85. The van der Waals surface area contributed by atoms with Crippen LogP contribution < -0.4 is 0 Å². The van der Waals surface area contributed by atoms with Crippen LogP contribution in [0.1, 0.15) is 89.5 Å². The van der Waals surface area contributed by atoms with E-state index in [1.54, 1.807) is 5.57 Å². The van der Waals surface area contributed by atoms with Gasteiger partial charge in [-0.3, -0.25) is 0 Å². The lowest BCUT2D eigenvalue weighted by Crippen LogP contribution is -2.23. The van der Waals surface area contributed by atoms with Gasteiger partial charge in [0.25, 0.3) is 0 Å². The normalized spacial score (nSPS) is 26.5. The van der Waals surface area contributed by atoms with E-state index in [9.17, 15) is 0 Å². The third-order valence-corrected chi connectivity index (χ3v) is 7.50. The number of aryl methyl sites for hydroxylation is 1. The van der Waals surface area contributed by atoms with E-state index in [1.165, 1.54) is 93.5 Å². The molecule has 0 amide bonds. The van der Waals surface area contributed by atoms with E-state index in [4.69, 9.17) is 0 Å². The van der Waals surface area contributed by atoms with Crippen molar-refractivity contribution in [2.75, 3.05) is 0 Å². The molecule has 1 heteroatoms. The smallest absolute Gasteiger partial charge is 0.0175 e. The fourth-order valence-electron chi connectivity index (χ4n) is 5.15. The summed E-state index contributed by atoms with van der Waals surface area (Å²) in [5.74, 6) is 3.07. The molecule has 1 fully saturated rings. The highest BCUT2D eigenvalue weighted by molar-refractivity contribution is 9.10. The topological polar surface area (TPSA) is 0 Å². The molecule has 1 saturated carbocycles. The average molecular weight is 417 g/mol. The Labute approximate surface area is 170 Å². The molecule has 0 aromatic heterocycles. The van der Waals surface area contributed by atoms with Crippen LogP contribution in [0.25, 0.3) is 0 Å². The van der Waals surface area contributed by atoms with Crippen LogP contribution in [0.15, 0.2) is 40.4 Å². The number of rotatable bonds is 8. The van der Waals surface area contributed by atoms with Crippen molar-refractivity contribution in [2.24, 2.45) is 17.8 Å². The Kier molecular flexibility index (Phi) is 8.30. The minimum absolute atomic E-state index is 0.989. The van der Waals surface area contributed by atoms with Gasteiger partial charge in [-0.1, -0.05) is 85.2 Å². The van der Waals surface area contributed by atoms with Gasteiger partial charge >= 0.3 is 0 Å². The zero-order valence-corrected chi connectivity index (χ0v) is 18.3. The van der Waals surface area contributed by atoms with Crippen molar-refractivity contribution in [3.05, 3.63) is 46.0 Å². The minimum Gasteiger partial charge on any atom is -0.0850 e. The first-order valence-corrected chi connectivity index (χ1v) is 12.0. The van der Waals surface area contributed by atoms with E-state index in [0.717, 1.165) is 17.8 Å². The lowest BCUT2D eigenvalue weighted by atomic mass is 9.70. The number of benzene rings is 1. The van der Waals surface area contributed by atoms with Crippen LogP contribution in [0.2, 0.25) is 0 Å². The lowest BCUT2D eigenvalue weighted by Gasteiger charge is -2.35. The number of hydrogen-bond donors (Lipinski definition) is 0. The van der Waals surface area contributed by atoms with E-state index < -0.39 is 0 Å². The monoisotopic (exact) mass is 416 g/mol. The molecular weight excluding hydrogens is 380 g/mol. The second kappa shape index (κ2) is 10.7. The highest BCUT2D eigenvalue weighted by atomic mass is 79.9. The highest BCUT2D eigenvalue weighted by Gasteiger charge is 2.28. The van der Waals surface area contributed by atoms with Crippen LogP contribution in [0.4, 0.5) is 0 Å². The second-order valence-electron chi connectivity index (χ2n) is 8.80. The molecule has 26 heavy (non-hydrogen) atoms. The first-order chi connectivity index (χ1) is 12.7. The predicted molar refractivity (Wildman–Crippen MR) is 117 cm³/mol. The van der Waals surface area contributed by atoms with Crippen molar-refractivity contribution in [1.29, 1.82) is 0 Å². The Morgan fingerprint density at radius 2 is 1.65 bits per heavy atom. The summed E-state index contributed by atoms with van der Waals surface area (Å²) in [5, 5.41) is 0. The van der Waals surface area contributed by atoms with Gasteiger partial charge in [0.15, 0.2) is 0 Å². The SMILES string of the molecule is CCCCCC1CCC(C2CC=C(CCc3ccc(Br)cc3)CC2)CC1. The van der Waals surface area contributed by atoms with Crippen LogP contribution in [-0.2, 0) is 6.42 Å². The third kappa shape index (κ3) is 6.25. The van der Waals surface area contributed by atoms with E-state index in [1.807, 2.05) is 0 Å². The van der Waals surface area contributed by atoms with E-state index in [0.29, 0.717) is 0 Å². The molecule has 0 bridgehead atoms. The van der Waals surface area contributed by atoms with Gasteiger partial charge in [-0.25, -0.2) is 0 Å². The summed E-state index contributed by atoms with van der Waals surface area (Å²) < 4.78 is 1.18. The maximum atomic E-state index is 3.53. The maximum absolute atomic E-state index is 3.53. The summed E-state index contributed by atoms with van der Waals surface area (Å²) in [6.45, 7) is 2.32. The van der Waals surface area contributed by atoms with E-state index in [2.05, 4.69) is 53.2 Å². The Morgan fingerprint density at radius 3 is 2.31 bits per heavy atom. The molecule has 0 radical (unpaired) electrons. The molecule has 1 unspecified atom stereocenters. The largest absolute Gasteiger partial charge is 0.0850 e. The van der Waals surface area contributed by atoms with Gasteiger partial charge in [0, 0.05) is 4.47 Å². The molecule has 2 aliphatic carbocycles. The summed E-state index contributed by atoms with van der Waals surface area (Å²) in [6.07, 6.45) is 21.1. The van der Waals surface area contributed by atoms with Crippen LogP contribution in [0, 0.1) is 17.8 Å². The molecule has 0 saturated heterocycles. The van der Waals surface area contributed by atoms with Gasteiger partial charge < -0.3 is 0 Å². The molecule has 0 N–H and O–H groups in total. The van der Waals surface area contributed by atoms with Gasteiger partial charge in [-0.05, 0) is 80.4 Å². The molecule has 1 atom stereocenters. The Morgan fingerprint density at radius 1 is 0.885 bits per heavy atom. The standard InChI is InChI=1S/C25H37Br/c1-2-3-4-5-20-8-14-23(15-9-20)24-16-10-21(11-17-24)6-7-22-12-18-25(26)19-13-22/h10,12-13,18-20,23-24H,2-9,11,14-17H2,1H3. The van der Waals surface area contributed by atoms with Crippen molar-refractivity contribution in [3.63, 3.8) is 0 Å². The molecule has 1 aromatic carbocycles. The summed E-state index contributed by atoms with van der Waals surface area (Å²) in [7, 11) is 0. The van der Waals surface area contributed by atoms with Crippen molar-refractivity contribution in [1.82, 2.24) is 0 Å². The molecule has 0 aliphatic heterocycles. The van der Waals surface area contributed by atoms with Crippen molar-refractivity contribution in [3.8, 4) is 0 Å². The van der Waals surface area contributed by atoms with Crippen LogP contribution in [0.3, 0.4) is 0 Å². The second-order valence-corrected chi connectivity index (χ2v) is 9.72. The van der Waals surface area contributed by atoms with Crippen LogP contribution >= 0.6 is 15.9 Å². The number of halogens is 1. The zero-order valence-electron chi connectivity index (χ0n) is 16.7. The molecule has 0 nitrogen and oxygen atoms in total. The van der Waals surface area contributed by atoms with Crippen molar-refractivity contribution in [2.45, 2.75) is 90.4 Å². The summed E-state index contributed by atoms with van der Waals surface area (Å²) in [5.41, 5.74) is 3.19. The van der Waals surface area contributed by atoms with Gasteiger partial charge in [-0.2, -0.15) is 0 Å². The summed E-state index contributed by atoms with van der Waals surface area (Å²) in [4.78, 5) is 0. The quantitative estimate of drug-likeness (QED) is 0.294. The highest BCUT2D eigenvalue weighted by Crippen LogP contribution is 2.41. The Balaban J connectivity index is 1.37.